The number of halogens is 1. The van der Waals surface area contributed by atoms with Crippen LogP contribution in [0.1, 0.15) is 48.9 Å². The van der Waals surface area contributed by atoms with E-state index in [1.807, 2.05) is 0 Å². The van der Waals surface area contributed by atoms with Gasteiger partial charge in [0.25, 0.3) is 5.91 Å². The van der Waals surface area contributed by atoms with E-state index >= 15 is 0 Å². The maximum atomic E-state index is 13.6. The lowest BCUT2D eigenvalue weighted by Crippen LogP contribution is -2.56. The molecule has 2 fully saturated rings. The summed E-state index contributed by atoms with van der Waals surface area (Å²) < 4.78 is 24.7. The molecule has 6 nitrogen and oxygen atoms in total. The number of carbonyl (C=O) groups is 2. The minimum Gasteiger partial charge on any atom is -0.385 e. The second kappa shape index (κ2) is 8.80. The Morgan fingerprint density at radius 3 is 2.81 bits per heavy atom. The number of benzene rings is 1. The van der Waals surface area contributed by atoms with E-state index < -0.39 is 17.6 Å². The van der Waals surface area contributed by atoms with E-state index in [9.17, 15) is 14.0 Å². The van der Waals surface area contributed by atoms with Crippen LogP contribution in [0.3, 0.4) is 0 Å². The Kier molecular flexibility index (Phi) is 6.44. The Labute approximate surface area is 159 Å². The summed E-state index contributed by atoms with van der Waals surface area (Å²) in [6.07, 6.45) is 5.05. The summed E-state index contributed by atoms with van der Waals surface area (Å²) >= 11 is 0. The Morgan fingerprint density at radius 2 is 2.11 bits per heavy atom. The molecule has 0 aromatic heterocycles. The van der Waals surface area contributed by atoms with Gasteiger partial charge in [0.15, 0.2) is 0 Å². The molecule has 1 aromatic rings. The molecule has 2 aliphatic rings. The van der Waals surface area contributed by atoms with Crippen molar-refractivity contribution in [2.24, 2.45) is 0 Å². The zero-order valence-corrected chi connectivity index (χ0v) is 15.7. The number of carbonyl (C=O) groups excluding carboxylic acids is 2. The molecule has 1 spiro atoms. The number of hydrogen-bond acceptors (Lipinski definition) is 4. The average Bonchev–Trinajstić information content (AvgIpc) is 3.03. The number of methoxy groups -OCH3 is 1. The number of ether oxygens (including phenoxy) is 2. The Morgan fingerprint density at radius 1 is 1.33 bits per heavy atom. The van der Waals surface area contributed by atoms with Crippen LogP contribution in [0.2, 0.25) is 0 Å². The van der Waals surface area contributed by atoms with E-state index in [4.69, 9.17) is 9.47 Å². The minimum atomic E-state index is -0.768. The van der Waals surface area contributed by atoms with Crippen LogP contribution < -0.4 is 5.32 Å². The summed E-state index contributed by atoms with van der Waals surface area (Å²) in [6.45, 7) is 1.19. The Hall–Kier alpha value is -1.99. The fourth-order valence-electron chi connectivity index (χ4n) is 3.98. The first-order chi connectivity index (χ1) is 13.1. The van der Waals surface area contributed by atoms with Crippen molar-refractivity contribution in [3.63, 3.8) is 0 Å². The SMILES string of the molecule is COCCCNC(=O)C1COC2(CCCCC2)N1C(=O)c1cccc(F)c1. The third kappa shape index (κ3) is 4.30. The van der Waals surface area contributed by atoms with Gasteiger partial charge in [-0.3, -0.25) is 14.5 Å². The molecule has 1 heterocycles. The monoisotopic (exact) mass is 378 g/mol. The van der Waals surface area contributed by atoms with Gasteiger partial charge < -0.3 is 14.8 Å². The predicted octanol–water partition coefficient (Wildman–Crippen LogP) is 2.48. The highest BCUT2D eigenvalue weighted by Crippen LogP contribution is 2.41. The molecule has 1 aromatic carbocycles. The summed E-state index contributed by atoms with van der Waals surface area (Å²) in [4.78, 5) is 27.6. The van der Waals surface area contributed by atoms with Crippen molar-refractivity contribution in [1.29, 1.82) is 0 Å². The van der Waals surface area contributed by atoms with Crippen molar-refractivity contribution >= 4 is 11.8 Å². The van der Waals surface area contributed by atoms with E-state index in [0.717, 1.165) is 19.3 Å². The molecule has 1 saturated heterocycles. The molecule has 1 atom stereocenters. The second-order valence-corrected chi connectivity index (χ2v) is 7.16. The van der Waals surface area contributed by atoms with Gasteiger partial charge in [-0.05, 0) is 50.3 Å². The third-order valence-electron chi connectivity index (χ3n) is 5.31. The first-order valence-corrected chi connectivity index (χ1v) is 9.57. The lowest BCUT2D eigenvalue weighted by Gasteiger charge is -2.41. The van der Waals surface area contributed by atoms with Crippen molar-refractivity contribution in [3.8, 4) is 0 Å². The van der Waals surface area contributed by atoms with Gasteiger partial charge >= 0.3 is 0 Å². The van der Waals surface area contributed by atoms with Gasteiger partial charge in [-0.2, -0.15) is 0 Å². The zero-order chi connectivity index (χ0) is 19.3. The van der Waals surface area contributed by atoms with Gasteiger partial charge in [0.1, 0.15) is 17.6 Å². The molecule has 0 radical (unpaired) electrons. The van der Waals surface area contributed by atoms with Gasteiger partial charge in [-0.15, -0.1) is 0 Å². The largest absolute Gasteiger partial charge is 0.385 e. The lowest BCUT2D eigenvalue weighted by molar-refractivity contribution is -0.127. The normalized spacial score (nSPS) is 21.4. The molecule has 1 unspecified atom stereocenters. The first-order valence-electron chi connectivity index (χ1n) is 9.57. The summed E-state index contributed by atoms with van der Waals surface area (Å²) in [7, 11) is 1.61. The van der Waals surface area contributed by atoms with Crippen LogP contribution in [0.15, 0.2) is 24.3 Å². The van der Waals surface area contributed by atoms with Crippen LogP contribution in [-0.2, 0) is 14.3 Å². The number of nitrogens with zero attached hydrogens (tertiary/aromatic N) is 1. The van der Waals surface area contributed by atoms with E-state index in [1.54, 1.807) is 18.1 Å². The molecular formula is C20H27FN2O4. The van der Waals surface area contributed by atoms with Gasteiger partial charge in [-0.1, -0.05) is 12.5 Å². The van der Waals surface area contributed by atoms with Crippen LogP contribution >= 0.6 is 0 Å². The van der Waals surface area contributed by atoms with Crippen molar-refractivity contribution < 1.29 is 23.5 Å². The molecule has 1 aliphatic carbocycles. The molecule has 27 heavy (non-hydrogen) atoms. The molecule has 1 aliphatic heterocycles. The number of rotatable bonds is 6. The molecule has 0 bridgehead atoms. The van der Waals surface area contributed by atoms with Crippen molar-refractivity contribution in [2.75, 3.05) is 26.9 Å². The lowest BCUT2D eigenvalue weighted by atomic mass is 9.89. The van der Waals surface area contributed by atoms with Gasteiger partial charge in [0, 0.05) is 25.8 Å². The van der Waals surface area contributed by atoms with E-state index in [1.165, 1.54) is 18.2 Å². The molecule has 1 N–H and O–H groups in total. The standard InChI is InChI=1S/C20H27FN2O4/c1-26-12-6-11-22-18(24)17-14-27-20(9-3-2-4-10-20)23(17)19(25)15-7-5-8-16(21)13-15/h5,7-8,13,17H,2-4,6,9-12,14H2,1H3,(H,22,24). The molecular weight excluding hydrogens is 351 g/mol. The van der Waals surface area contributed by atoms with Gasteiger partial charge in [0.2, 0.25) is 5.91 Å². The maximum Gasteiger partial charge on any atom is 0.256 e. The minimum absolute atomic E-state index is 0.164. The predicted molar refractivity (Wildman–Crippen MR) is 97.6 cm³/mol. The van der Waals surface area contributed by atoms with Crippen molar-refractivity contribution in [3.05, 3.63) is 35.6 Å². The highest BCUT2D eigenvalue weighted by Gasteiger charge is 2.52. The molecule has 7 heteroatoms. The highest BCUT2D eigenvalue weighted by atomic mass is 19.1. The number of amides is 2. The molecule has 1 saturated carbocycles. The highest BCUT2D eigenvalue weighted by molar-refractivity contribution is 5.98. The van der Waals surface area contributed by atoms with Crippen molar-refractivity contribution in [2.45, 2.75) is 50.3 Å². The van der Waals surface area contributed by atoms with Crippen LogP contribution in [-0.4, -0.2) is 55.3 Å². The topological polar surface area (TPSA) is 67.9 Å². The molecule has 148 valence electrons. The maximum absolute atomic E-state index is 13.6. The summed E-state index contributed by atoms with van der Waals surface area (Å²) in [5, 5.41) is 2.86. The van der Waals surface area contributed by atoms with Crippen LogP contribution in [0.4, 0.5) is 4.39 Å². The summed E-state index contributed by atoms with van der Waals surface area (Å²) in [6, 6.07) is 4.89. The second-order valence-electron chi connectivity index (χ2n) is 7.16. The number of nitrogens with one attached hydrogen (secondary N) is 1. The van der Waals surface area contributed by atoms with Gasteiger partial charge in [-0.25, -0.2) is 4.39 Å². The van der Waals surface area contributed by atoms with E-state index in [-0.39, 0.29) is 24.0 Å². The third-order valence-corrected chi connectivity index (χ3v) is 5.31. The summed E-state index contributed by atoms with van der Waals surface area (Å²) in [5.41, 5.74) is -0.529. The van der Waals surface area contributed by atoms with Crippen LogP contribution in [0.5, 0.6) is 0 Å². The smallest absolute Gasteiger partial charge is 0.256 e. The van der Waals surface area contributed by atoms with Crippen LogP contribution in [0, 0.1) is 5.82 Å². The fraction of sp³-hybridized carbons (Fsp3) is 0.600. The molecule has 3 rings (SSSR count). The Balaban J connectivity index is 1.82. The molecule has 2 amide bonds. The number of hydrogen-bond donors (Lipinski definition) is 1. The van der Waals surface area contributed by atoms with E-state index in [2.05, 4.69) is 5.32 Å². The quantitative estimate of drug-likeness (QED) is 0.773. The average molecular weight is 378 g/mol. The zero-order valence-electron chi connectivity index (χ0n) is 15.7. The fourth-order valence-corrected chi connectivity index (χ4v) is 3.98. The van der Waals surface area contributed by atoms with Gasteiger partial charge in [0.05, 0.1) is 6.61 Å². The van der Waals surface area contributed by atoms with E-state index in [0.29, 0.717) is 32.4 Å². The van der Waals surface area contributed by atoms with Crippen LogP contribution in [0.25, 0.3) is 0 Å². The Bertz CT molecular complexity index is 676. The summed E-state index contributed by atoms with van der Waals surface area (Å²) in [5.74, 6) is -1.07. The van der Waals surface area contributed by atoms with Crippen molar-refractivity contribution in [1.82, 2.24) is 10.2 Å². The first kappa shape index (κ1) is 19.8.